The van der Waals surface area contributed by atoms with Gasteiger partial charge in [0.2, 0.25) is 5.91 Å². The monoisotopic (exact) mass is 897 g/mol. The quantitative estimate of drug-likeness (QED) is 0.116. The molecular weight excluding hydrogens is 815 g/mol. The smallest absolute Gasteiger partial charge is 0.302 e. The van der Waals surface area contributed by atoms with E-state index in [1.165, 1.54) is 37.1 Å². The lowest BCUT2D eigenvalue weighted by Gasteiger charge is -2.71. The van der Waals surface area contributed by atoms with Crippen LogP contribution < -0.4 is 5.32 Å². The van der Waals surface area contributed by atoms with Crippen LogP contribution in [0.5, 0.6) is 0 Å². The third-order valence-corrected chi connectivity index (χ3v) is 19.7. The van der Waals surface area contributed by atoms with E-state index in [9.17, 15) is 18.4 Å². The number of carbonyl (C=O) groups excluding carboxylic acids is 2. The van der Waals surface area contributed by atoms with Gasteiger partial charge in [0, 0.05) is 64.7 Å². The molecule has 2 aromatic carbocycles. The molecule has 0 radical (unpaired) electrons. The molecular formula is C56H82F2N4O3. The highest BCUT2D eigenvalue weighted by atomic mass is 19.1. The number of piperazine rings is 1. The van der Waals surface area contributed by atoms with Crippen molar-refractivity contribution >= 4 is 11.9 Å². The Morgan fingerprint density at radius 2 is 1.35 bits per heavy atom. The predicted octanol–water partition coefficient (Wildman–Crippen LogP) is 11.1. The van der Waals surface area contributed by atoms with Crippen LogP contribution >= 0.6 is 0 Å². The second-order valence-electron chi connectivity index (χ2n) is 23.4. The van der Waals surface area contributed by atoms with Crippen LogP contribution in [0.1, 0.15) is 137 Å². The molecule has 1 aliphatic heterocycles. The van der Waals surface area contributed by atoms with Crippen molar-refractivity contribution in [1.29, 1.82) is 0 Å². The Hall–Kier alpha value is -3.14. The zero-order valence-electron chi connectivity index (χ0n) is 41.3. The summed E-state index contributed by atoms with van der Waals surface area (Å²) in [6.07, 6.45) is 14.4. The van der Waals surface area contributed by atoms with Crippen molar-refractivity contribution in [2.75, 3.05) is 52.4 Å². The first kappa shape index (κ1) is 48.3. The predicted molar refractivity (Wildman–Crippen MR) is 257 cm³/mol. The maximum atomic E-state index is 14.8. The molecule has 5 aliphatic carbocycles. The van der Waals surface area contributed by atoms with Gasteiger partial charge in [-0.25, -0.2) is 8.78 Å². The summed E-state index contributed by atoms with van der Waals surface area (Å²) >= 11 is 0. The number of carbonyl (C=O) groups is 2. The first-order valence-corrected chi connectivity index (χ1v) is 25.7. The fourth-order valence-electron chi connectivity index (χ4n) is 15.6. The van der Waals surface area contributed by atoms with Crippen LogP contribution in [0.3, 0.4) is 0 Å². The topological polar surface area (TPSA) is 65.1 Å². The number of nitrogens with one attached hydrogen (secondary N) is 1. The Kier molecular flexibility index (Phi) is 14.2. The standard InChI is InChI=1S/C56H82F2N4O3/c1-39-21-26-56(28-27-54(7)46(50(56)40(39)2)19-20-48-53(6)24-23-49(65-41(3)63)52(4,5)47(53)22-25-55(48,54)8)51(64)59-29-9-30-60-33-35-61(36-34-60)31-10-32-62(37-42-11-15-44(57)16-12-42)38-43-13-17-45(58)18-14-43/h11-19,39-40,47-50H,9-10,20-38H2,1-8H3,(H,59,64)/t39-,40+,47+,48-,49+,50+,53+,54-,55-,56+/m1/s1. The van der Waals surface area contributed by atoms with Crippen LogP contribution in [0.15, 0.2) is 60.2 Å². The molecule has 65 heavy (non-hydrogen) atoms. The average molecular weight is 897 g/mol. The highest BCUT2D eigenvalue weighted by Crippen LogP contribution is 2.76. The van der Waals surface area contributed by atoms with E-state index in [0.29, 0.717) is 29.6 Å². The summed E-state index contributed by atoms with van der Waals surface area (Å²) in [5, 5.41) is 3.57. The van der Waals surface area contributed by atoms with E-state index in [0.717, 1.165) is 134 Å². The largest absolute Gasteiger partial charge is 0.462 e. The zero-order chi connectivity index (χ0) is 46.4. The number of hydrogen-bond acceptors (Lipinski definition) is 6. The summed E-state index contributed by atoms with van der Waals surface area (Å²) in [6, 6.07) is 13.5. The van der Waals surface area contributed by atoms with Gasteiger partial charge in [-0.15, -0.1) is 0 Å². The van der Waals surface area contributed by atoms with E-state index in [-0.39, 0.29) is 56.7 Å². The number of fused-ring (bicyclic) bond motifs is 7. The molecule has 5 fully saturated rings. The molecule has 10 atom stereocenters. The summed E-state index contributed by atoms with van der Waals surface area (Å²) < 4.78 is 33.2. The van der Waals surface area contributed by atoms with E-state index >= 15 is 0 Å². The third-order valence-electron chi connectivity index (χ3n) is 19.7. The number of ether oxygens (including phenoxy) is 1. The van der Waals surface area contributed by atoms with E-state index in [1.54, 1.807) is 12.5 Å². The molecule has 1 amide bonds. The van der Waals surface area contributed by atoms with Crippen LogP contribution in [-0.2, 0) is 27.4 Å². The van der Waals surface area contributed by atoms with Crippen LogP contribution in [0.4, 0.5) is 8.78 Å². The molecule has 2 aromatic rings. The van der Waals surface area contributed by atoms with Crippen molar-refractivity contribution in [3.05, 3.63) is 82.9 Å². The minimum Gasteiger partial charge on any atom is -0.462 e. The molecule has 0 bridgehead atoms. The van der Waals surface area contributed by atoms with Crippen molar-refractivity contribution in [2.45, 2.75) is 145 Å². The van der Waals surface area contributed by atoms with E-state index in [1.807, 2.05) is 24.3 Å². The van der Waals surface area contributed by atoms with Gasteiger partial charge in [0.25, 0.3) is 0 Å². The summed E-state index contributed by atoms with van der Waals surface area (Å²) in [5.41, 5.74) is 3.80. The van der Waals surface area contributed by atoms with E-state index in [4.69, 9.17) is 4.74 Å². The second kappa shape index (κ2) is 19.1. The van der Waals surface area contributed by atoms with Gasteiger partial charge in [-0.3, -0.25) is 14.5 Å². The highest BCUT2D eigenvalue weighted by Gasteiger charge is 2.69. The molecule has 9 heteroatoms. The molecule has 8 rings (SSSR count). The van der Waals surface area contributed by atoms with Gasteiger partial charge in [-0.2, -0.15) is 0 Å². The second-order valence-corrected chi connectivity index (χ2v) is 23.4. The van der Waals surface area contributed by atoms with E-state index < -0.39 is 0 Å². The SMILES string of the molecule is CC(=O)O[C@H]1CC[C@]2(C)[C@H]3CC=C4[C@@H]5[C@@H](C)[C@H](C)CC[C@]5(C(=O)NCCCN5CCN(CCCN(Cc6ccc(F)cc6)Cc6ccc(F)cc6)CC5)CC[C@@]4(C)[C@]3(C)CC[C@H]2C1(C)C. The number of rotatable bonds is 14. The van der Waals surface area contributed by atoms with Crippen molar-refractivity contribution < 1.29 is 23.1 Å². The van der Waals surface area contributed by atoms with Crippen molar-refractivity contribution in [3.8, 4) is 0 Å². The number of benzene rings is 2. The third kappa shape index (κ3) is 9.26. The normalized spacial score (nSPS) is 35.8. The number of hydrogen-bond donors (Lipinski definition) is 1. The Bertz CT molecular complexity index is 1970. The summed E-state index contributed by atoms with van der Waals surface area (Å²) in [5.74, 6) is 2.15. The lowest BCUT2D eigenvalue weighted by atomic mass is 9.33. The molecule has 1 saturated heterocycles. The minimum atomic E-state index is -0.328. The van der Waals surface area contributed by atoms with Crippen LogP contribution in [0.2, 0.25) is 0 Å². The van der Waals surface area contributed by atoms with Crippen molar-refractivity contribution in [2.24, 2.45) is 56.7 Å². The highest BCUT2D eigenvalue weighted by molar-refractivity contribution is 5.84. The number of allylic oxidation sites excluding steroid dienone is 2. The number of esters is 1. The number of amides is 1. The summed E-state index contributed by atoms with van der Waals surface area (Å²) in [4.78, 5) is 34.5. The fourth-order valence-corrected chi connectivity index (χ4v) is 15.6. The van der Waals surface area contributed by atoms with Crippen LogP contribution in [-0.4, -0.2) is 85.0 Å². The van der Waals surface area contributed by atoms with Crippen LogP contribution in [0, 0.1) is 68.3 Å². The maximum absolute atomic E-state index is 14.8. The molecule has 358 valence electrons. The minimum absolute atomic E-state index is 0.0150. The Morgan fingerprint density at radius 3 is 1.95 bits per heavy atom. The van der Waals surface area contributed by atoms with Crippen molar-refractivity contribution in [1.82, 2.24) is 20.0 Å². The Balaban J connectivity index is 0.844. The van der Waals surface area contributed by atoms with Crippen LogP contribution in [0.25, 0.3) is 0 Å². The van der Waals surface area contributed by atoms with Gasteiger partial charge < -0.3 is 19.9 Å². The van der Waals surface area contributed by atoms with Gasteiger partial charge in [0.1, 0.15) is 17.7 Å². The summed E-state index contributed by atoms with van der Waals surface area (Å²) in [7, 11) is 0. The van der Waals surface area contributed by atoms with Crippen molar-refractivity contribution in [3.63, 3.8) is 0 Å². The number of nitrogens with zero attached hydrogens (tertiary/aromatic N) is 3. The lowest BCUT2D eigenvalue weighted by molar-refractivity contribution is -0.212. The number of halogens is 2. The molecule has 7 nitrogen and oxygen atoms in total. The molecule has 6 aliphatic rings. The van der Waals surface area contributed by atoms with Gasteiger partial charge >= 0.3 is 5.97 Å². The molecule has 4 saturated carbocycles. The van der Waals surface area contributed by atoms with E-state index in [2.05, 4.69) is 74.6 Å². The molecule has 0 aromatic heterocycles. The summed E-state index contributed by atoms with van der Waals surface area (Å²) in [6.45, 7) is 28.3. The average Bonchev–Trinajstić information content (AvgIpc) is 3.26. The Morgan fingerprint density at radius 1 is 0.754 bits per heavy atom. The molecule has 1 heterocycles. The molecule has 1 N–H and O–H groups in total. The zero-order valence-corrected chi connectivity index (χ0v) is 41.3. The molecule has 0 spiro atoms. The lowest BCUT2D eigenvalue weighted by Crippen LogP contribution is -2.66. The van der Waals surface area contributed by atoms with Gasteiger partial charge in [-0.05, 0) is 165 Å². The maximum Gasteiger partial charge on any atom is 0.302 e. The fraction of sp³-hybridized carbons (Fsp3) is 0.714. The van der Waals surface area contributed by atoms with Gasteiger partial charge in [0.05, 0.1) is 5.41 Å². The first-order chi connectivity index (χ1) is 30.9. The van der Waals surface area contributed by atoms with Gasteiger partial charge in [-0.1, -0.05) is 84.4 Å². The Labute approximate surface area is 390 Å². The first-order valence-electron chi connectivity index (χ1n) is 25.7. The van der Waals surface area contributed by atoms with Gasteiger partial charge in [0.15, 0.2) is 0 Å². The molecule has 0 unspecified atom stereocenters.